The average molecular weight is 330 g/mol. The van der Waals surface area contributed by atoms with Crippen molar-refractivity contribution < 1.29 is 9.53 Å². The molecule has 0 fully saturated rings. The summed E-state index contributed by atoms with van der Waals surface area (Å²) in [4.78, 5) is 14.9. The molecule has 3 aromatic rings. The second-order valence-corrected chi connectivity index (χ2v) is 6.72. The van der Waals surface area contributed by atoms with Gasteiger partial charge in [0, 0.05) is 23.5 Å². The molecule has 120 valence electrons. The van der Waals surface area contributed by atoms with E-state index in [1.165, 1.54) is 16.7 Å². The van der Waals surface area contributed by atoms with E-state index < -0.39 is 6.09 Å². The molecule has 0 radical (unpaired) electrons. The zero-order valence-electron chi connectivity index (χ0n) is 13.0. The highest BCUT2D eigenvalue weighted by Crippen LogP contribution is 2.23. The quantitative estimate of drug-likeness (QED) is 0.745. The first kappa shape index (κ1) is 15.5. The third-order valence-electron chi connectivity index (χ3n) is 3.24. The molecule has 0 saturated carbocycles. The van der Waals surface area contributed by atoms with Crippen LogP contribution in [0.4, 0.5) is 9.93 Å². The first-order valence-corrected chi connectivity index (χ1v) is 8.24. The van der Waals surface area contributed by atoms with Crippen molar-refractivity contribution in [2.45, 2.75) is 20.3 Å². The topological polar surface area (TPSA) is 79.9 Å². The number of para-hydroxylation sites is 1. The Bertz CT molecular complexity index is 809. The SMILES string of the molecule is CC(C)COC(=O)Nc1nnc(Cc2c[nH]c3ccccc23)s1. The molecule has 2 N–H and O–H groups in total. The van der Waals surface area contributed by atoms with Gasteiger partial charge in [-0.25, -0.2) is 4.79 Å². The minimum absolute atomic E-state index is 0.299. The van der Waals surface area contributed by atoms with Crippen LogP contribution in [0.5, 0.6) is 0 Å². The fourth-order valence-corrected chi connectivity index (χ4v) is 2.93. The van der Waals surface area contributed by atoms with Crippen LogP contribution in [0.25, 0.3) is 10.9 Å². The van der Waals surface area contributed by atoms with Crippen LogP contribution in [-0.4, -0.2) is 27.9 Å². The number of rotatable bonds is 5. The Morgan fingerprint density at radius 1 is 1.35 bits per heavy atom. The van der Waals surface area contributed by atoms with E-state index in [0.717, 1.165) is 16.1 Å². The predicted molar refractivity (Wildman–Crippen MR) is 90.8 cm³/mol. The minimum atomic E-state index is -0.492. The van der Waals surface area contributed by atoms with Gasteiger partial charge in [-0.05, 0) is 17.5 Å². The molecule has 0 spiro atoms. The highest BCUT2D eigenvalue weighted by Gasteiger charge is 2.11. The molecule has 0 aliphatic carbocycles. The predicted octanol–water partition coefficient (Wildman–Crippen LogP) is 3.81. The molecule has 0 aliphatic heterocycles. The summed E-state index contributed by atoms with van der Waals surface area (Å²) in [5.41, 5.74) is 2.26. The van der Waals surface area contributed by atoms with E-state index in [-0.39, 0.29) is 0 Å². The molecule has 7 heteroatoms. The lowest BCUT2D eigenvalue weighted by molar-refractivity contribution is 0.147. The number of anilines is 1. The molecule has 0 unspecified atom stereocenters. The van der Waals surface area contributed by atoms with Gasteiger partial charge >= 0.3 is 6.09 Å². The number of ether oxygens (including phenoxy) is 1. The van der Waals surface area contributed by atoms with E-state index in [1.54, 1.807) is 0 Å². The van der Waals surface area contributed by atoms with Gasteiger partial charge in [-0.1, -0.05) is 43.4 Å². The molecule has 2 heterocycles. The highest BCUT2D eigenvalue weighted by molar-refractivity contribution is 7.15. The lowest BCUT2D eigenvalue weighted by atomic mass is 10.1. The second-order valence-electron chi connectivity index (χ2n) is 5.65. The van der Waals surface area contributed by atoms with Gasteiger partial charge in [0.25, 0.3) is 0 Å². The van der Waals surface area contributed by atoms with Gasteiger partial charge in [-0.3, -0.25) is 5.32 Å². The van der Waals surface area contributed by atoms with E-state index in [2.05, 4.69) is 26.6 Å². The lowest BCUT2D eigenvalue weighted by Crippen LogP contribution is -2.16. The third-order valence-corrected chi connectivity index (χ3v) is 4.08. The maximum atomic E-state index is 11.6. The standard InChI is InChI=1S/C16H18N4O2S/c1-10(2)9-22-16(21)18-15-20-19-14(23-15)7-11-8-17-13-6-4-3-5-12(11)13/h3-6,8,10,17H,7,9H2,1-2H3,(H,18,20,21). The van der Waals surface area contributed by atoms with Crippen LogP contribution in [0.15, 0.2) is 30.5 Å². The molecular weight excluding hydrogens is 312 g/mol. The number of carbonyl (C=O) groups excluding carboxylic acids is 1. The number of amides is 1. The molecule has 0 saturated heterocycles. The number of hydrogen-bond acceptors (Lipinski definition) is 5. The molecule has 1 aromatic carbocycles. The smallest absolute Gasteiger partial charge is 0.413 e. The van der Waals surface area contributed by atoms with Gasteiger partial charge in [0.1, 0.15) is 5.01 Å². The molecule has 6 nitrogen and oxygen atoms in total. The number of H-pyrrole nitrogens is 1. The molecule has 2 aromatic heterocycles. The third kappa shape index (κ3) is 3.87. The van der Waals surface area contributed by atoms with E-state index in [4.69, 9.17) is 4.74 Å². The summed E-state index contributed by atoms with van der Waals surface area (Å²) >= 11 is 1.35. The van der Waals surface area contributed by atoms with Crippen molar-refractivity contribution in [1.29, 1.82) is 0 Å². The number of nitrogens with zero attached hydrogens (tertiary/aromatic N) is 2. The van der Waals surface area contributed by atoms with Crippen LogP contribution >= 0.6 is 11.3 Å². The number of aromatic nitrogens is 3. The first-order chi connectivity index (χ1) is 11.1. The van der Waals surface area contributed by atoms with E-state index in [1.807, 2.05) is 38.2 Å². The van der Waals surface area contributed by atoms with Crippen LogP contribution in [0.2, 0.25) is 0 Å². The van der Waals surface area contributed by atoms with Gasteiger partial charge in [0.15, 0.2) is 0 Å². The fraction of sp³-hybridized carbons (Fsp3) is 0.312. The molecule has 0 atom stereocenters. The Balaban J connectivity index is 1.64. The van der Waals surface area contributed by atoms with Gasteiger partial charge < -0.3 is 9.72 Å². The molecule has 1 amide bonds. The Labute approximate surface area is 137 Å². The van der Waals surface area contributed by atoms with Crippen molar-refractivity contribution in [2.24, 2.45) is 5.92 Å². The van der Waals surface area contributed by atoms with Crippen LogP contribution < -0.4 is 5.32 Å². The van der Waals surface area contributed by atoms with Crippen molar-refractivity contribution in [3.8, 4) is 0 Å². The fourth-order valence-electron chi connectivity index (χ4n) is 2.18. The molecular formula is C16H18N4O2S. The summed E-state index contributed by atoms with van der Waals surface area (Å²) in [6.45, 7) is 4.35. The van der Waals surface area contributed by atoms with Gasteiger partial charge in [-0.2, -0.15) is 0 Å². The molecule has 3 rings (SSSR count). The van der Waals surface area contributed by atoms with Crippen molar-refractivity contribution in [2.75, 3.05) is 11.9 Å². The maximum Gasteiger partial charge on any atom is 0.413 e. The van der Waals surface area contributed by atoms with Gasteiger partial charge in [-0.15, -0.1) is 10.2 Å². The Hall–Kier alpha value is -2.41. The van der Waals surface area contributed by atoms with Crippen molar-refractivity contribution in [3.05, 3.63) is 41.0 Å². The van der Waals surface area contributed by atoms with E-state index >= 15 is 0 Å². The minimum Gasteiger partial charge on any atom is -0.449 e. The van der Waals surface area contributed by atoms with Crippen LogP contribution in [0.1, 0.15) is 24.4 Å². The molecule has 0 aliphatic rings. The zero-order chi connectivity index (χ0) is 16.2. The summed E-state index contributed by atoms with van der Waals surface area (Å²) in [5, 5.41) is 13.2. The van der Waals surface area contributed by atoms with E-state index in [9.17, 15) is 4.79 Å². The van der Waals surface area contributed by atoms with Crippen LogP contribution in [0, 0.1) is 5.92 Å². The van der Waals surface area contributed by atoms with Crippen molar-refractivity contribution >= 4 is 33.5 Å². The Morgan fingerprint density at radius 2 is 2.17 bits per heavy atom. The summed E-state index contributed by atoms with van der Waals surface area (Å²) in [6.07, 6.45) is 2.16. The summed E-state index contributed by atoms with van der Waals surface area (Å²) in [6, 6.07) is 8.12. The number of hydrogen-bond donors (Lipinski definition) is 2. The normalized spacial score (nSPS) is 11.1. The largest absolute Gasteiger partial charge is 0.449 e. The van der Waals surface area contributed by atoms with Gasteiger partial charge in [0.2, 0.25) is 5.13 Å². The van der Waals surface area contributed by atoms with Crippen LogP contribution in [0.3, 0.4) is 0 Å². The number of benzene rings is 1. The average Bonchev–Trinajstić information content (AvgIpc) is 3.13. The van der Waals surface area contributed by atoms with Crippen molar-refractivity contribution in [3.63, 3.8) is 0 Å². The molecule has 23 heavy (non-hydrogen) atoms. The summed E-state index contributed by atoms with van der Waals surface area (Å²) in [7, 11) is 0. The lowest BCUT2D eigenvalue weighted by Gasteiger charge is -2.06. The molecule has 0 bridgehead atoms. The van der Waals surface area contributed by atoms with E-state index in [0.29, 0.717) is 24.1 Å². The van der Waals surface area contributed by atoms with Gasteiger partial charge in [0.05, 0.1) is 6.61 Å². The summed E-state index contributed by atoms with van der Waals surface area (Å²) in [5.74, 6) is 0.299. The Morgan fingerprint density at radius 3 is 3.00 bits per heavy atom. The summed E-state index contributed by atoms with van der Waals surface area (Å²) < 4.78 is 5.06. The second kappa shape index (κ2) is 6.78. The number of nitrogens with one attached hydrogen (secondary N) is 2. The first-order valence-electron chi connectivity index (χ1n) is 7.43. The number of aromatic amines is 1. The monoisotopic (exact) mass is 330 g/mol. The highest BCUT2D eigenvalue weighted by atomic mass is 32.1. The number of fused-ring (bicyclic) bond motifs is 1. The zero-order valence-corrected chi connectivity index (χ0v) is 13.8. The van der Waals surface area contributed by atoms with Crippen LogP contribution in [-0.2, 0) is 11.2 Å². The Kier molecular flexibility index (Phi) is 4.57. The maximum absolute atomic E-state index is 11.6. The number of carbonyl (C=O) groups is 1. The van der Waals surface area contributed by atoms with Crippen molar-refractivity contribution in [1.82, 2.24) is 15.2 Å².